The lowest BCUT2D eigenvalue weighted by molar-refractivity contribution is -0.137. The minimum Gasteiger partial charge on any atom is -0.455 e. The molecule has 2 aromatic carbocycles. The molecule has 0 bridgehead atoms. The number of ether oxygens (including phenoxy) is 1. The molecule has 0 saturated carbocycles. The highest BCUT2D eigenvalue weighted by molar-refractivity contribution is 7.99. The van der Waals surface area contributed by atoms with Crippen LogP contribution in [0.15, 0.2) is 76.8 Å². The SMILES string of the molecule is C[C@@H](NC(=O)C1C[Si](C)(C)CN1C(=O)CNC(=O)c1ccc2c(c1)Oc1ccccc1S2)c1cc2cnccc2[nH]1. The number of H-pyrrole nitrogens is 1. The molecule has 2 atom stereocenters. The zero-order valence-electron chi connectivity index (χ0n) is 23.1. The number of para-hydroxylation sites is 1. The van der Waals surface area contributed by atoms with Crippen LogP contribution in [0.2, 0.25) is 19.1 Å². The van der Waals surface area contributed by atoms with E-state index in [0.29, 0.717) is 23.5 Å². The van der Waals surface area contributed by atoms with E-state index in [1.807, 2.05) is 49.4 Å². The number of hydrogen-bond acceptors (Lipinski definition) is 6. The summed E-state index contributed by atoms with van der Waals surface area (Å²) < 4.78 is 6.00. The number of rotatable bonds is 6. The molecule has 1 saturated heterocycles. The zero-order chi connectivity index (χ0) is 28.7. The van der Waals surface area contributed by atoms with Gasteiger partial charge in [-0.2, -0.15) is 0 Å². The Morgan fingerprint density at radius 1 is 1.12 bits per heavy atom. The van der Waals surface area contributed by atoms with Gasteiger partial charge in [-0.25, -0.2) is 0 Å². The van der Waals surface area contributed by atoms with Crippen molar-refractivity contribution in [2.75, 3.05) is 12.7 Å². The third-order valence-corrected chi connectivity index (χ3v) is 11.3. The third kappa shape index (κ3) is 5.59. The van der Waals surface area contributed by atoms with Gasteiger partial charge in [-0.15, -0.1) is 0 Å². The summed E-state index contributed by atoms with van der Waals surface area (Å²) in [6.07, 6.45) is 4.06. The molecule has 1 fully saturated rings. The van der Waals surface area contributed by atoms with Gasteiger partial charge < -0.3 is 25.3 Å². The number of nitrogens with zero attached hydrogens (tertiary/aromatic N) is 2. The van der Waals surface area contributed by atoms with Gasteiger partial charge in [0, 0.05) is 40.7 Å². The molecule has 9 nitrogen and oxygen atoms in total. The van der Waals surface area contributed by atoms with Crippen LogP contribution in [0.25, 0.3) is 10.9 Å². The standard InChI is InChI=1S/C30H31N5O4SSi/c1-18(22-12-20-14-31-11-10-21(20)34-22)33-30(38)23-16-41(2,3)17-35(23)28(36)15-32-29(37)19-8-9-27-25(13-19)39-24-6-4-5-7-26(24)40-27/h4-14,18,23,34H,15-17H2,1-3H3,(H,32,37)(H,33,38)/t18-,23?/m1/s1. The molecule has 0 spiro atoms. The molecule has 41 heavy (non-hydrogen) atoms. The molecular formula is C30H31N5O4SSi. The van der Waals surface area contributed by atoms with Crippen molar-refractivity contribution in [3.8, 4) is 11.5 Å². The number of carbonyl (C=O) groups is 3. The van der Waals surface area contributed by atoms with E-state index >= 15 is 0 Å². The fourth-order valence-electron chi connectivity index (χ4n) is 5.41. The van der Waals surface area contributed by atoms with Gasteiger partial charge in [0.15, 0.2) is 0 Å². The molecular weight excluding hydrogens is 555 g/mol. The van der Waals surface area contributed by atoms with E-state index in [1.54, 1.807) is 41.2 Å². The first-order chi connectivity index (χ1) is 19.7. The number of benzene rings is 2. The molecule has 1 unspecified atom stereocenters. The third-order valence-electron chi connectivity index (χ3n) is 7.51. The van der Waals surface area contributed by atoms with Gasteiger partial charge >= 0.3 is 0 Å². The number of hydrogen-bond donors (Lipinski definition) is 3. The highest BCUT2D eigenvalue weighted by atomic mass is 32.2. The Hall–Kier alpha value is -4.09. The Balaban J connectivity index is 1.09. The quantitative estimate of drug-likeness (QED) is 0.245. The monoisotopic (exact) mass is 585 g/mol. The Kier molecular flexibility index (Phi) is 7.08. The minimum absolute atomic E-state index is 0.184. The predicted octanol–water partition coefficient (Wildman–Crippen LogP) is 4.89. The van der Waals surface area contributed by atoms with E-state index in [1.165, 1.54) is 0 Å². The summed E-state index contributed by atoms with van der Waals surface area (Å²) in [6, 6.07) is 16.7. The number of carbonyl (C=O) groups excluding carboxylic acids is 3. The summed E-state index contributed by atoms with van der Waals surface area (Å²) in [5.74, 6) is 0.541. The van der Waals surface area contributed by atoms with Gasteiger partial charge in [0.25, 0.3) is 5.91 Å². The van der Waals surface area contributed by atoms with E-state index in [0.717, 1.165) is 32.1 Å². The molecule has 3 amide bonds. The molecule has 6 rings (SSSR count). The maximum atomic E-state index is 13.4. The summed E-state index contributed by atoms with van der Waals surface area (Å²) in [4.78, 5) is 50.8. The lowest BCUT2D eigenvalue weighted by Crippen LogP contribution is -2.49. The summed E-state index contributed by atoms with van der Waals surface area (Å²) >= 11 is 1.59. The van der Waals surface area contributed by atoms with Crippen LogP contribution in [-0.2, 0) is 9.59 Å². The molecule has 4 heterocycles. The molecule has 3 N–H and O–H groups in total. The van der Waals surface area contributed by atoms with Crippen molar-refractivity contribution in [2.45, 2.75) is 47.9 Å². The second-order valence-corrected chi connectivity index (χ2v) is 17.5. The van der Waals surface area contributed by atoms with Gasteiger partial charge in [-0.05, 0) is 55.4 Å². The molecule has 2 aromatic heterocycles. The van der Waals surface area contributed by atoms with Gasteiger partial charge in [0.2, 0.25) is 11.8 Å². The van der Waals surface area contributed by atoms with Crippen molar-refractivity contribution in [3.63, 3.8) is 0 Å². The van der Waals surface area contributed by atoms with Crippen LogP contribution in [-0.4, -0.2) is 59.4 Å². The van der Waals surface area contributed by atoms with Crippen LogP contribution in [0, 0.1) is 0 Å². The topological polar surface area (TPSA) is 116 Å². The first kappa shape index (κ1) is 27.1. The lowest BCUT2D eigenvalue weighted by Gasteiger charge is -2.26. The summed E-state index contributed by atoms with van der Waals surface area (Å²) in [7, 11) is -1.82. The second-order valence-electron chi connectivity index (χ2n) is 11.3. The maximum absolute atomic E-state index is 13.4. The van der Waals surface area contributed by atoms with Crippen molar-refractivity contribution in [1.82, 2.24) is 25.5 Å². The summed E-state index contributed by atoms with van der Waals surface area (Å²) in [6.45, 7) is 6.08. The van der Waals surface area contributed by atoms with Gasteiger partial charge in [-0.3, -0.25) is 19.4 Å². The lowest BCUT2D eigenvalue weighted by atomic mass is 10.2. The fraction of sp³-hybridized carbons (Fsp3) is 0.267. The molecule has 0 radical (unpaired) electrons. The average molecular weight is 586 g/mol. The number of aromatic amines is 1. The van der Waals surface area contributed by atoms with Gasteiger partial charge in [0.05, 0.1) is 30.5 Å². The molecule has 4 aromatic rings. The van der Waals surface area contributed by atoms with Crippen LogP contribution in [0.5, 0.6) is 11.5 Å². The Labute approximate surface area is 243 Å². The Morgan fingerprint density at radius 3 is 2.76 bits per heavy atom. The van der Waals surface area contributed by atoms with E-state index < -0.39 is 14.1 Å². The smallest absolute Gasteiger partial charge is 0.251 e. The van der Waals surface area contributed by atoms with Crippen LogP contribution >= 0.6 is 11.8 Å². The second kappa shape index (κ2) is 10.7. The Bertz CT molecular complexity index is 1640. The normalized spacial score (nSPS) is 17.7. The molecule has 2 aliphatic heterocycles. The van der Waals surface area contributed by atoms with Crippen molar-refractivity contribution in [1.29, 1.82) is 0 Å². The molecule has 210 valence electrons. The highest BCUT2D eigenvalue weighted by Gasteiger charge is 2.45. The molecule has 2 aliphatic rings. The van der Waals surface area contributed by atoms with E-state index in [-0.39, 0.29) is 30.3 Å². The van der Waals surface area contributed by atoms with E-state index in [4.69, 9.17) is 4.74 Å². The zero-order valence-corrected chi connectivity index (χ0v) is 24.9. The van der Waals surface area contributed by atoms with Crippen molar-refractivity contribution < 1.29 is 19.1 Å². The van der Waals surface area contributed by atoms with Gasteiger partial charge in [0.1, 0.15) is 17.5 Å². The number of fused-ring (bicyclic) bond motifs is 3. The largest absolute Gasteiger partial charge is 0.455 e. The van der Waals surface area contributed by atoms with E-state index in [2.05, 4.69) is 33.7 Å². The minimum atomic E-state index is -1.82. The first-order valence-electron chi connectivity index (χ1n) is 13.6. The number of pyridine rings is 1. The Morgan fingerprint density at radius 2 is 1.93 bits per heavy atom. The highest BCUT2D eigenvalue weighted by Crippen LogP contribution is 2.46. The van der Waals surface area contributed by atoms with Crippen molar-refractivity contribution in [3.05, 3.63) is 78.2 Å². The summed E-state index contributed by atoms with van der Waals surface area (Å²) in [5.41, 5.74) is 2.23. The number of aromatic nitrogens is 2. The average Bonchev–Trinajstić information content (AvgIpc) is 3.55. The maximum Gasteiger partial charge on any atom is 0.251 e. The van der Waals surface area contributed by atoms with Crippen LogP contribution in [0.3, 0.4) is 0 Å². The van der Waals surface area contributed by atoms with Crippen molar-refractivity contribution >= 4 is 48.5 Å². The number of amides is 3. The molecule has 11 heteroatoms. The van der Waals surface area contributed by atoms with E-state index in [9.17, 15) is 14.4 Å². The van der Waals surface area contributed by atoms with Crippen LogP contribution in [0.4, 0.5) is 0 Å². The first-order valence-corrected chi connectivity index (χ1v) is 17.8. The fourth-order valence-corrected chi connectivity index (χ4v) is 9.24. The van der Waals surface area contributed by atoms with Crippen LogP contribution in [0.1, 0.15) is 29.0 Å². The predicted molar refractivity (Wildman–Crippen MR) is 160 cm³/mol. The number of nitrogens with one attached hydrogen (secondary N) is 3. The summed E-state index contributed by atoms with van der Waals surface area (Å²) in [5, 5.41) is 6.81. The van der Waals surface area contributed by atoms with Crippen molar-refractivity contribution in [2.24, 2.45) is 0 Å². The molecule has 0 aliphatic carbocycles. The van der Waals surface area contributed by atoms with Crippen LogP contribution < -0.4 is 15.4 Å². The van der Waals surface area contributed by atoms with Gasteiger partial charge in [-0.1, -0.05) is 37.0 Å².